The topological polar surface area (TPSA) is 61.1 Å². The van der Waals surface area contributed by atoms with E-state index >= 15 is 0 Å². The first-order valence-corrected chi connectivity index (χ1v) is 10.9. The summed E-state index contributed by atoms with van der Waals surface area (Å²) in [4.78, 5) is 17.7. The zero-order chi connectivity index (χ0) is 21.2. The van der Waals surface area contributed by atoms with Crippen molar-refractivity contribution in [3.8, 4) is 11.6 Å². The Hall–Kier alpha value is -3.38. The molecule has 31 heavy (non-hydrogen) atoms. The molecule has 0 saturated carbocycles. The van der Waals surface area contributed by atoms with Gasteiger partial charge in [-0.05, 0) is 49.2 Å². The van der Waals surface area contributed by atoms with Crippen LogP contribution in [0.5, 0.6) is 5.75 Å². The van der Waals surface area contributed by atoms with Crippen molar-refractivity contribution in [2.24, 2.45) is 0 Å². The number of hydrogen-bond donors (Lipinski definition) is 1. The van der Waals surface area contributed by atoms with Crippen molar-refractivity contribution in [3.05, 3.63) is 88.0 Å². The highest BCUT2D eigenvalue weighted by atomic mass is 16.5. The van der Waals surface area contributed by atoms with Crippen LogP contribution in [0.15, 0.2) is 65.6 Å². The van der Waals surface area contributed by atoms with E-state index in [1.54, 1.807) is 10.8 Å². The number of fused-ring (bicyclic) bond motifs is 3. The fourth-order valence-electron chi connectivity index (χ4n) is 4.39. The molecule has 0 atom stereocenters. The van der Waals surface area contributed by atoms with Crippen LogP contribution in [0, 0.1) is 0 Å². The molecule has 0 aliphatic carbocycles. The standard InChI is InChI=1S/C25H26N4O2/c1-2-28-22-11-14-26-13-10-20(22)21-8-9-23(27-25(21)28)29-15-12-19(16-24(29)30)31-17-18-6-4-3-5-7-18/h3-9,12,15-16,26H,2,10-11,13-14,17H2,1H3. The number of aryl methyl sites for hydroxylation is 1. The van der Waals surface area contributed by atoms with Crippen molar-refractivity contribution in [3.63, 3.8) is 0 Å². The first-order valence-electron chi connectivity index (χ1n) is 10.9. The molecule has 1 N–H and O–H groups in total. The summed E-state index contributed by atoms with van der Waals surface area (Å²) in [6, 6.07) is 17.3. The van der Waals surface area contributed by atoms with Gasteiger partial charge in [0.25, 0.3) is 5.56 Å². The van der Waals surface area contributed by atoms with Crippen LogP contribution in [-0.2, 0) is 26.0 Å². The maximum atomic E-state index is 12.8. The maximum absolute atomic E-state index is 12.8. The van der Waals surface area contributed by atoms with Crippen LogP contribution >= 0.6 is 0 Å². The predicted octanol–water partition coefficient (Wildman–Crippen LogP) is 3.47. The molecule has 1 aliphatic heterocycles. The minimum atomic E-state index is -0.155. The van der Waals surface area contributed by atoms with E-state index in [0.29, 0.717) is 18.2 Å². The number of hydrogen-bond acceptors (Lipinski definition) is 4. The van der Waals surface area contributed by atoms with Crippen LogP contribution in [0.25, 0.3) is 16.9 Å². The number of benzene rings is 1. The largest absolute Gasteiger partial charge is 0.489 e. The monoisotopic (exact) mass is 414 g/mol. The van der Waals surface area contributed by atoms with Crippen molar-refractivity contribution in [1.82, 2.24) is 19.4 Å². The molecule has 4 aromatic rings. The average molecular weight is 415 g/mol. The zero-order valence-electron chi connectivity index (χ0n) is 17.7. The molecule has 0 fully saturated rings. The molecule has 0 bridgehead atoms. The Kier molecular flexibility index (Phi) is 5.30. The molecular weight excluding hydrogens is 388 g/mol. The Morgan fingerprint density at radius 2 is 1.90 bits per heavy atom. The summed E-state index contributed by atoms with van der Waals surface area (Å²) in [6.07, 6.45) is 3.75. The van der Waals surface area contributed by atoms with E-state index in [2.05, 4.69) is 22.9 Å². The summed E-state index contributed by atoms with van der Waals surface area (Å²) < 4.78 is 9.67. The third-order valence-electron chi connectivity index (χ3n) is 5.91. The summed E-state index contributed by atoms with van der Waals surface area (Å²) in [5.41, 5.74) is 4.62. The van der Waals surface area contributed by atoms with Gasteiger partial charge in [-0.1, -0.05) is 30.3 Å². The molecule has 0 spiro atoms. The van der Waals surface area contributed by atoms with Gasteiger partial charge in [0.15, 0.2) is 0 Å². The van der Waals surface area contributed by atoms with Gasteiger partial charge in [-0.3, -0.25) is 9.36 Å². The molecule has 158 valence electrons. The Morgan fingerprint density at radius 1 is 1.06 bits per heavy atom. The second kappa shape index (κ2) is 8.40. The van der Waals surface area contributed by atoms with Gasteiger partial charge in [0.1, 0.15) is 23.8 Å². The molecule has 1 aliphatic rings. The highest BCUT2D eigenvalue weighted by Gasteiger charge is 2.19. The molecule has 0 saturated heterocycles. The average Bonchev–Trinajstić information content (AvgIpc) is 2.92. The molecule has 4 heterocycles. The Bertz CT molecular complexity index is 1270. The highest BCUT2D eigenvalue weighted by Crippen LogP contribution is 2.28. The second-order valence-electron chi connectivity index (χ2n) is 7.81. The van der Waals surface area contributed by atoms with Crippen LogP contribution in [0.2, 0.25) is 0 Å². The lowest BCUT2D eigenvalue weighted by molar-refractivity contribution is 0.305. The van der Waals surface area contributed by atoms with Gasteiger partial charge in [-0.25, -0.2) is 4.98 Å². The van der Waals surface area contributed by atoms with E-state index in [9.17, 15) is 4.79 Å². The van der Waals surface area contributed by atoms with Crippen molar-refractivity contribution < 1.29 is 4.74 Å². The van der Waals surface area contributed by atoms with Gasteiger partial charge in [-0.2, -0.15) is 0 Å². The quantitative estimate of drug-likeness (QED) is 0.543. The van der Waals surface area contributed by atoms with Crippen LogP contribution in [0.1, 0.15) is 23.7 Å². The van der Waals surface area contributed by atoms with Gasteiger partial charge < -0.3 is 14.6 Å². The third kappa shape index (κ3) is 3.75. The van der Waals surface area contributed by atoms with Crippen LogP contribution in [-0.4, -0.2) is 27.2 Å². The zero-order valence-corrected chi connectivity index (χ0v) is 17.7. The van der Waals surface area contributed by atoms with Crippen LogP contribution in [0.3, 0.4) is 0 Å². The molecule has 0 unspecified atom stereocenters. The molecule has 0 amide bonds. The summed E-state index contributed by atoms with van der Waals surface area (Å²) in [7, 11) is 0. The Labute approximate surface area is 181 Å². The smallest absolute Gasteiger partial charge is 0.259 e. The van der Waals surface area contributed by atoms with Crippen molar-refractivity contribution >= 4 is 11.0 Å². The number of rotatable bonds is 5. The van der Waals surface area contributed by atoms with E-state index in [4.69, 9.17) is 9.72 Å². The Morgan fingerprint density at radius 3 is 2.71 bits per heavy atom. The van der Waals surface area contributed by atoms with Crippen molar-refractivity contribution in [1.29, 1.82) is 0 Å². The van der Waals surface area contributed by atoms with Gasteiger partial charge in [0.2, 0.25) is 0 Å². The molecular formula is C25H26N4O2. The summed E-state index contributed by atoms with van der Waals surface area (Å²) >= 11 is 0. The molecule has 3 aromatic heterocycles. The fraction of sp³-hybridized carbons (Fsp3) is 0.280. The van der Waals surface area contributed by atoms with Gasteiger partial charge in [0, 0.05) is 42.9 Å². The number of nitrogens with zero attached hydrogens (tertiary/aromatic N) is 3. The maximum Gasteiger partial charge on any atom is 0.259 e. The summed E-state index contributed by atoms with van der Waals surface area (Å²) in [6.45, 7) is 5.42. The van der Waals surface area contributed by atoms with E-state index in [-0.39, 0.29) is 5.56 Å². The van der Waals surface area contributed by atoms with E-state index in [0.717, 1.165) is 43.7 Å². The Balaban J connectivity index is 1.47. The van der Waals surface area contributed by atoms with Gasteiger partial charge in [-0.15, -0.1) is 0 Å². The molecule has 6 nitrogen and oxygen atoms in total. The first-order chi connectivity index (χ1) is 15.2. The fourth-order valence-corrected chi connectivity index (χ4v) is 4.39. The summed E-state index contributed by atoms with van der Waals surface area (Å²) in [5.74, 6) is 1.19. The molecule has 5 rings (SSSR count). The third-order valence-corrected chi connectivity index (χ3v) is 5.91. The SMILES string of the molecule is CCn1c2c(c3ccc(-n4ccc(OCc5ccccc5)cc4=O)nc31)CCNCC2. The number of ether oxygens (including phenoxy) is 1. The van der Waals surface area contributed by atoms with E-state index in [1.165, 1.54) is 22.7 Å². The first kappa shape index (κ1) is 19.6. The number of pyridine rings is 2. The molecule has 0 radical (unpaired) electrons. The van der Waals surface area contributed by atoms with E-state index in [1.807, 2.05) is 42.5 Å². The normalized spacial score (nSPS) is 13.7. The van der Waals surface area contributed by atoms with Crippen molar-refractivity contribution in [2.75, 3.05) is 13.1 Å². The number of aromatic nitrogens is 3. The lowest BCUT2D eigenvalue weighted by atomic mass is 10.1. The lowest BCUT2D eigenvalue weighted by Gasteiger charge is -2.10. The minimum absolute atomic E-state index is 0.155. The van der Waals surface area contributed by atoms with Gasteiger partial charge in [0.05, 0.1) is 0 Å². The molecule has 6 heteroatoms. The predicted molar refractivity (Wildman–Crippen MR) is 122 cm³/mol. The van der Waals surface area contributed by atoms with Crippen LogP contribution in [0.4, 0.5) is 0 Å². The lowest BCUT2D eigenvalue weighted by Crippen LogP contribution is -2.18. The summed E-state index contributed by atoms with van der Waals surface area (Å²) in [5, 5.41) is 4.67. The molecule has 1 aromatic carbocycles. The van der Waals surface area contributed by atoms with E-state index < -0.39 is 0 Å². The highest BCUT2D eigenvalue weighted by molar-refractivity contribution is 5.83. The minimum Gasteiger partial charge on any atom is -0.489 e. The van der Waals surface area contributed by atoms with Crippen LogP contribution < -0.4 is 15.6 Å². The number of nitrogens with one attached hydrogen (secondary N) is 1. The van der Waals surface area contributed by atoms with Crippen molar-refractivity contribution in [2.45, 2.75) is 32.9 Å². The second-order valence-corrected chi connectivity index (χ2v) is 7.81. The van der Waals surface area contributed by atoms with Gasteiger partial charge >= 0.3 is 0 Å².